The van der Waals surface area contributed by atoms with Gasteiger partial charge in [-0.2, -0.15) is 0 Å². The van der Waals surface area contributed by atoms with E-state index in [1.807, 2.05) is 13.8 Å². The molecule has 0 aliphatic carbocycles. The number of hydrogen-bond acceptors (Lipinski definition) is 4. The Labute approximate surface area is 238 Å². The topological polar surface area (TPSA) is 66.7 Å². The van der Waals surface area contributed by atoms with E-state index in [9.17, 15) is 9.90 Å². The van der Waals surface area contributed by atoms with E-state index >= 15 is 0 Å². The lowest BCUT2D eigenvalue weighted by atomic mass is 9.71. The first-order chi connectivity index (χ1) is 18.7. The third-order valence-corrected chi connectivity index (χ3v) is 8.93. The van der Waals surface area contributed by atoms with Gasteiger partial charge < -0.3 is 24.6 Å². The molecule has 0 unspecified atom stereocenters. The molecule has 1 heterocycles. The van der Waals surface area contributed by atoms with Crippen molar-refractivity contribution in [1.82, 2.24) is 14.8 Å². The fourth-order valence-electron chi connectivity index (χ4n) is 5.71. The lowest BCUT2D eigenvalue weighted by molar-refractivity contribution is 0.0184. The number of aromatic nitrogens is 1. The number of likely N-dealkylation sites (N-methyl/N-ethyl adjacent to an activating group) is 1. The summed E-state index contributed by atoms with van der Waals surface area (Å²) in [4.78, 5) is 15.5. The van der Waals surface area contributed by atoms with Gasteiger partial charge in [0, 0.05) is 31.2 Å². The number of ether oxygens (including phenoxy) is 1. The average molecular weight is 542 g/mol. The second kappa shape index (κ2) is 15.5. The Hall–Kier alpha value is -2.31. The first kappa shape index (κ1) is 32.9. The number of nitrogens with one attached hydrogen (secondary N) is 1. The number of carbonyl (C=O) groups excluding carboxylic acids is 1. The molecule has 0 atom stereocenters. The molecule has 39 heavy (non-hydrogen) atoms. The quantitative estimate of drug-likeness (QED) is 0.206. The molecule has 0 spiro atoms. The summed E-state index contributed by atoms with van der Waals surface area (Å²) in [6.07, 6.45) is 7.18. The van der Waals surface area contributed by atoms with Crippen LogP contribution in [0.3, 0.4) is 0 Å². The first-order valence-corrected chi connectivity index (χ1v) is 15.3. The van der Waals surface area contributed by atoms with Crippen molar-refractivity contribution in [3.8, 4) is 5.75 Å². The van der Waals surface area contributed by atoms with Crippen LogP contribution in [0.2, 0.25) is 0 Å². The van der Waals surface area contributed by atoms with Gasteiger partial charge in [0.1, 0.15) is 11.4 Å². The Bertz CT molecular complexity index is 1020. The van der Waals surface area contributed by atoms with Gasteiger partial charge in [0.05, 0.1) is 12.2 Å². The highest BCUT2D eigenvalue weighted by Crippen LogP contribution is 2.41. The van der Waals surface area contributed by atoms with Crippen molar-refractivity contribution in [3.63, 3.8) is 0 Å². The van der Waals surface area contributed by atoms with Crippen LogP contribution in [-0.2, 0) is 12.0 Å². The average Bonchev–Trinajstić information content (AvgIpc) is 3.40. The molecule has 0 radical (unpaired) electrons. The van der Waals surface area contributed by atoms with Crippen LogP contribution in [0, 0.1) is 6.92 Å². The van der Waals surface area contributed by atoms with E-state index in [0.29, 0.717) is 13.2 Å². The third-order valence-electron chi connectivity index (χ3n) is 8.93. The summed E-state index contributed by atoms with van der Waals surface area (Å²) in [5, 5.41) is 13.7. The summed E-state index contributed by atoms with van der Waals surface area (Å²) in [7, 11) is 0. The van der Waals surface area contributed by atoms with E-state index in [4.69, 9.17) is 4.74 Å². The van der Waals surface area contributed by atoms with Gasteiger partial charge in [0.15, 0.2) is 0 Å². The Morgan fingerprint density at radius 3 is 2.18 bits per heavy atom. The van der Waals surface area contributed by atoms with Gasteiger partial charge >= 0.3 is 0 Å². The van der Waals surface area contributed by atoms with Gasteiger partial charge in [-0.3, -0.25) is 4.79 Å². The molecule has 1 amide bonds. The maximum absolute atomic E-state index is 13.2. The van der Waals surface area contributed by atoms with E-state index in [1.54, 1.807) is 0 Å². The van der Waals surface area contributed by atoms with Crippen molar-refractivity contribution in [2.75, 3.05) is 32.8 Å². The number of carbonyl (C=O) groups is 1. The van der Waals surface area contributed by atoms with E-state index in [1.165, 1.54) is 11.1 Å². The molecule has 2 N–H and O–H groups in total. The second-order valence-corrected chi connectivity index (χ2v) is 10.8. The zero-order valence-electron chi connectivity index (χ0n) is 26.0. The van der Waals surface area contributed by atoms with E-state index in [0.717, 1.165) is 81.7 Å². The van der Waals surface area contributed by atoms with E-state index < -0.39 is 5.60 Å². The number of hydrogen-bond donors (Lipinski definition) is 2. The van der Waals surface area contributed by atoms with Crippen LogP contribution in [0.4, 0.5) is 0 Å². The van der Waals surface area contributed by atoms with Gasteiger partial charge in [-0.1, -0.05) is 53.7 Å². The summed E-state index contributed by atoms with van der Waals surface area (Å²) in [6.45, 7) is 21.9. The molecule has 0 fully saturated rings. The maximum Gasteiger partial charge on any atom is 0.267 e. The Morgan fingerprint density at radius 1 is 0.974 bits per heavy atom. The highest BCUT2D eigenvalue weighted by atomic mass is 16.5. The van der Waals surface area contributed by atoms with Crippen molar-refractivity contribution in [1.29, 1.82) is 0 Å². The standard InChI is InChI=1S/C33H55N3O3/c1-9-32(38,10-2)19-16-22-39-30-18-17-27(23-26(30)8)33(11-3,12-4)28-24-29(36(15-7)25-28)31(37)34-20-21-35(13-5)14-6/h17-18,23-25,38H,9-16,19-22H2,1-8H3,(H,34,37). The molecule has 0 aliphatic rings. The SMILES string of the molecule is CCN(CC)CCNC(=O)c1cc(C(CC)(CC)c2ccc(OCCCC(O)(CC)CC)c(C)c2)cn1CC. The van der Waals surface area contributed by atoms with Gasteiger partial charge in [-0.25, -0.2) is 0 Å². The molecule has 220 valence electrons. The van der Waals surface area contributed by atoms with Gasteiger partial charge in [0.2, 0.25) is 0 Å². The van der Waals surface area contributed by atoms with Crippen molar-refractivity contribution in [3.05, 3.63) is 52.8 Å². The molecule has 1 aromatic heterocycles. The fraction of sp³-hybridized carbons (Fsp3) is 0.667. The van der Waals surface area contributed by atoms with Crippen LogP contribution in [0.15, 0.2) is 30.5 Å². The van der Waals surface area contributed by atoms with Crippen LogP contribution in [-0.4, -0.2) is 58.9 Å². The van der Waals surface area contributed by atoms with Crippen LogP contribution in [0.25, 0.3) is 0 Å². The van der Waals surface area contributed by atoms with Gasteiger partial charge in [0.25, 0.3) is 5.91 Å². The zero-order chi connectivity index (χ0) is 29.1. The number of aliphatic hydroxyl groups is 1. The fourth-order valence-corrected chi connectivity index (χ4v) is 5.71. The van der Waals surface area contributed by atoms with Gasteiger partial charge in [-0.15, -0.1) is 0 Å². The minimum Gasteiger partial charge on any atom is -0.493 e. The monoisotopic (exact) mass is 541 g/mol. The van der Waals surface area contributed by atoms with Gasteiger partial charge in [-0.05, 0) is 94.3 Å². The van der Waals surface area contributed by atoms with Crippen molar-refractivity contribution in [2.24, 2.45) is 0 Å². The first-order valence-electron chi connectivity index (χ1n) is 15.3. The largest absolute Gasteiger partial charge is 0.493 e. The predicted octanol–water partition coefficient (Wildman–Crippen LogP) is 6.70. The minimum absolute atomic E-state index is 0.00525. The second-order valence-electron chi connectivity index (χ2n) is 10.8. The lowest BCUT2D eigenvalue weighted by Crippen LogP contribution is -2.35. The predicted molar refractivity (Wildman–Crippen MR) is 163 cm³/mol. The molecular formula is C33H55N3O3. The summed E-state index contributed by atoms with van der Waals surface area (Å²) >= 11 is 0. The molecule has 6 heteroatoms. The number of aryl methyl sites for hydroxylation is 2. The van der Waals surface area contributed by atoms with Crippen LogP contribution in [0.5, 0.6) is 5.75 Å². The molecule has 2 aromatic rings. The lowest BCUT2D eigenvalue weighted by Gasteiger charge is -2.32. The highest BCUT2D eigenvalue weighted by molar-refractivity contribution is 5.93. The number of nitrogens with zero attached hydrogens (tertiary/aromatic N) is 2. The Kier molecular flexibility index (Phi) is 13.1. The van der Waals surface area contributed by atoms with E-state index in [2.05, 4.69) is 86.8 Å². The Morgan fingerprint density at radius 2 is 1.64 bits per heavy atom. The van der Waals surface area contributed by atoms with Crippen molar-refractivity contribution in [2.45, 2.75) is 111 Å². The summed E-state index contributed by atoms with van der Waals surface area (Å²) in [5.41, 5.74) is 3.53. The molecule has 1 aromatic carbocycles. The van der Waals surface area contributed by atoms with Crippen LogP contribution < -0.4 is 10.1 Å². The number of rotatable bonds is 18. The molecular weight excluding hydrogens is 486 g/mol. The highest BCUT2D eigenvalue weighted by Gasteiger charge is 2.33. The Balaban J connectivity index is 2.23. The van der Waals surface area contributed by atoms with Crippen molar-refractivity contribution < 1.29 is 14.6 Å². The number of amides is 1. The summed E-state index contributed by atoms with van der Waals surface area (Å²) in [6, 6.07) is 8.64. The maximum atomic E-state index is 13.2. The minimum atomic E-state index is -0.583. The van der Waals surface area contributed by atoms with Crippen molar-refractivity contribution >= 4 is 5.91 Å². The van der Waals surface area contributed by atoms with E-state index in [-0.39, 0.29) is 11.3 Å². The molecule has 0 saturated carbocycles. The summed E-state index contributed by atoms with van der Waals surface area (Å²) < 4.78 is 8.22. The molecule has 0 aliphatic heterocycles. The zero-order valence-corrected chi connectivity index (χ0v) is 26.0. The third kappa shape index (κ3) is 8.11. The number of benzene rings is 1. The summed E-state index contributed by atoms with van der Waals surface area (Å²) in [5.74, 6) is 0.894. The normalized spacial score (nSPS) is 12.3. The molecule has 0 bridgehead atoms. The van der Waals surface area contributed by atoms with Crippen LogP contribution in [0.1, 0.15) is 114 Å². The van der Waals surface area contributed by atoms with Crippen LogP contribution >= 0.6 is 0 Å². The smallest absolute Gasteiger partial charge is 0.267 e. The molecule has 6 nitrogen and oxygen atoms in total. The molecule has 2 rings (SSSR count). The molecule has 0 saturated heterocycles.